The van der Waals surface area contributed by atoms with Gasteiger partial charge in [-0.25, -0.2) is 0 Å². The standard InChI is InChI=1S/C12H16BrClN2/c1-8-5-10(7-16(8)2)15-12-6-9(14)3-4-11(12)13/h3-4,6,8,10,15H,5,7H2,1-2H3. The summed E-state index contributed by atoms with van der Waals surface area (Å²) in [7, 11) is 2.17. The molecule has 1 aliphatic heterocycles. The molecular weight excluding hydrogens is 288 g/mol. The second-order valence-electron chi connectivity index (χ2n) is 4.49. The summed E-state index contributed by atoms with van der Waals surface area (Å²) in [6.07, 6.45) is 1.18. The highest BCUT2D eigenvalue weighted by Crippen LogP contribution is 2.28. The van der Waals surface area contributed by atoms with Crippen LogP contribution >= 0.6 is 27.5 Å². The number of halogens is 2. The third-order valence-corrected chi connectivity index (χ3v) is 4.10. The number of hydrogen-bond acceptors (Lipinski definition) is 2. The molecule has 2 rings (SSSR count). The number of anilines is 1. The molecule has 1 heterocycles. The van der Waals surface area contributed by atoms with Crippen molar-refractivity contribution < 1.29 is 0 Å². The molecule has 16 heavy (non-hydrogen) atoms. The number of likely N-dealkylation sites (tertiary alicyclic amines) is 1. The molecule has 0 radical (unpaired) electrons. The molecule has 2 atom stereocenters. The summed E-state index contributed by atoms with van der Waals surface area (Å²) in [5.74, 6) is 0. The van der Waals surface area contributed by atoms with E-state index in [0.717, 1.165) is 21.7 Å². The van der Waals surface area contributed by atoms with E-state index in [1.807, 2.05) is 18.2 Å². The van der Waals surface area contributed by atoms with Crippen LogP contribution in [0, 0.1) is 0 Å². The van der Waals surface area contributed by atoms with Crippen molar-refractivity contribution in [2.75, 3.05) is 18.9 Å². The second kappa shape index (κ2) is 4.94. The summed E-state index contributed by atoms with van der Waals surface area (Å²) in [6, 6.07) is 6.99. The Balaban J connectivity index is 2.07. The van der Waals surface area contributed by atoms with Gasteiger partial charge in [0.15, 0.2) is 0 Å². The number of nitrogens with zero attached hydrogens (tertiary/aromatic N) is 1. The molecule has 0 amide bonds. The first-order valence-corrected chi connectivity index (χ1v) is 6.65. The third-order valence-electron chi connectivity index (χ3n) is 3.17. The minimum absolute atomic E-state index is 0.509. The fourth-order valence-electron chi connectivity index (χ4n) is 2.13. The fourth-order valence-corrected chi connectivity index (χ4v) is 2.66. The van der Waals surface area contributed by atoms with E-state index in [1.165, 1.54) is 6.42 Å². The van der Waals surface area contributed by atoms with Crippen LogP contribution in [0.2, 0.25) is 5.02 Å². The van der Waals surface area contributed by atoms with Crippen molar-refractivity contribution in [2.24, 2.45) is 0 Å². The van der Waals surface area contributed by atoms with Crippen LogP contribution in [0.4, 0.5) is 5.69 Å². The summed E-state index contributed by atoms with van der Waals surface area (Å²) in [4.78, 5) is 2.37. The number of likely N-dealkylation sites (N-methyl/N-ethyl adjacent to an activating group) is 1. The molecule has 1 saturated heterocycles. The Morgan fingerprint density at radius 1 is 1.50 bits per heavy atom. The number of benzene rings is 1. The zero-order chi connectivity index (χ0) is 11.7. The van der Waals surface area contributed by atoms with Gasteiger partial charge in [-0.3, -0.25) is 0 Å². The van der Waals surface area contributed by atoms with Gasteiger partial charge >= 0.3 is 0 Å². The predicted octanol–water partition coefficient (Wildman–Crippen LogP) is 3.61. The molecule has 88 valence electrons. The third kappa shape index (κ3) is 2.70. The van der Waals surface area contributed by atoms with E-state index in [4.69, 9.17) is 11.6 Å². The van der Waals surface area contributed by atoms with Gasteiger partial charge < -0.3 is 10.2 Å². The van der Waals surface area contributed by atoms with Gasteiger partial charge in [0, 0.05) is 28.1 Å². The van der Waals surface area contributed by atoms with E-state index in [9.17, 15) is 0 Å². The Hall–Kier alpha value is -0.250. The monoisotopic (exact) mass is 302 g/mol. The molecule has 1 aliphatic rings. The lowest BCUT2D eigenvalue weighted by Gasteiger charge is -2.15. The molecule has 1 N–H and O–H groups in total. The van der Waals surface area contributed by atoms with E-state index >= 15 is 0 Å². The highest BCUT2D eigenvalue weighted by Gasteiger charge is 2.26. The molecule has 1 aromatic carbocycles. The van der Waals surface area contributed by atoms with Crippen LogP contribution < -0.4 is 5.32 Å². The summed E-state index contributed by atoms with van der Waals surface area (Å²) < 4.78 is 1.07. The van der Waals surface area contributed by atoms with Crippen LogP contribution in [0.1, 0.15) is 13.3 Å². The number of hydrogen-bond donors (Lipinski definition) is 1. The second-order valence-corrected chi connectivity index (χ2v) is 5.78. The highest BCUT2D eigenvalue weighted by atomic mass is 79.9. The van der Waals surface area contributed by atoms with Gasteiger partial charge in [0.1, 0.15) is 0 Å². The maximum absolute atomic E-state index is 5.99. The number of nitrogens with one attached hydrogen (secondary N) is 1. The summed E-state index contributed by atoms with van der Waals surface area (Å²) in [5.41, 5.74) is 1.08. The smallest absolute Gasteiger partial charge is 0.0502 e. The fraction of sp³-hybridized carbons (Fsp3) is 0.500. The van der Waals surface area contributed by atoms with E-state index in [0.29, 0.717) is 12.1 Å². The van der Waals surface area contributed by atoms with Crippen molar-refractivity contribution in [3.05, 3.63) is 27.7 Å². The first kappa shape index (κ1) is 12.2. The Labute approximate surface area is 110 Å². The molecule has 0 aliphatic carbocycles. The summed E-state index contributed by atoms with van der Waals surface area (Å²) >= 11 is 9.52. The lowest BCUT2D eigenvalue weighted by molar-refractivity contribution is 0.330. The van der Waals surface area contributed by atoms with Gasteiger partial charge in [-0.05, 0) is 54.5 Å². The van der Waals surface area contributed by atoms with Crippen molar-refractivity contribution in [1.29, 1.82) is 0 Å². The zero-order valence-electron chi connectivity index (χ0n) is 9.50. The number of rotatable bonds is 2. The maximum Gasteiger partial charge on any atom is 0.0502 e. The molecule has 0 aromatic heterocycles. The van der Waals surface area contributed by atoms with E-state index < -0.39 is 0 Å². The lowest BCUT2D eigenvalue weighted by atomic mass is 10.2. The largest absolute Gasteiger partial charge is 0.380 e. The van der Waals surface area contributed by atoms with Gasteiger partial charge in [-0.1, -0.05) is 11.6 Å². The van der Waals surface area contributed by atoms with Crippen molar-refractivity contribution in [1.82, 2.24) is 4.90 Å². The SMILES string of the molecule is CC1CC(Nc2cc(Cl)ccc2Br)CN1C. The van der Waals surface area contributed by atoms with Crippen molar-refractivity contribution in [3.63, 3.8) is 0 Å². The van der Waals surface area contributed by atoms with E-state index in [2.05, 4.69) is 40.1 Å². The molecule has 0 spiro atoms. The molecule has 2 nitrogen and oxygen atoms in total. The minimum atomic E-state index is 0.509. The van der Waals surface area contributed by atoms with Crippen LogP contribution in [0.25, 0.3) is 0 Å². The Bertz CT molecular complexity index is 373. The zero-order valence-corrected chi connectivity index (χ0v) is 11.8. The maximum atomic E-state index is 5.99. The van der Waals surface area contributed by atoms with Crippen LogP contribution in [-0.4, -0.2) is 30.6 Å². The summed E-state index contributed by atoms with van der Waals surface area (Å²) in [5, 5.41) is 4.31. The quantitative estimate of drug-likeness (QED) is 0.898. The molecule has 0 bridgehead atoms. The Kier molecular flexibility index (Phi) is 3.77. The highest BCUT2D eigenvalue weighted by molar-refractivity contribution is 9.10. The van der Waals surface area contributed by atoms with Crippen molar-refractivity contribution in [3.8, 4) is 0 Å². The molecule has 1 fully saturated rings. The van der Waals surface area contributed by atoms with Gasteiger partial charge in [0.25, 0.3) is 0 Å². The average molecular weight is 304 g/mol. The molecule has 2 unspecified atom stereocenters. The van der Waals surface area contributed by atoms with Crippen LogP contribution in [0.15, 0.2) is 22.7 Å². The van der Waals surface area contributed by atoms with Gasteiger partial charge in [0.05, 0.1) is 5.69 Å². The first-order valence-electron chi connectivity index (χ1n) is 5.48. The van der Waals surface area contributed by atoms with Gasteiger partial charge in [0.2, 0.25) is 0 Å². The first-order chi connectivity index (χ1) is 7.56. The minimum Gasteiger partial charge on any atom is -0.380 e. The van der Waals surface area contributed by atoms with Crippen molar-refractivity contribution in [2.45, 2.75) is 25.4 Å². The average Bonchev–Trinajstić information content (AvgIpc) is 2.52. The predicted molar refractivity (Wildman–Crippen MR) is 73.3 cm³/mol. The van der Waals surface area contributed by atoms with Gasteiger partial charge in [-0.15, -0.1) is 0 Å². The van der Waals surface area contributed by atoms with Crippen LogP contribution in [0.5, 0.6) is 0 Å². The molecular formula is C12H16BrClN2. The Morgan fingerprint density at radius 3 is 2.88 bits per heavy atom. The van der Waals surface area contributed by atoms with Crippen LogP contribution in [-0.2, 0) is 0 Å². The normalized spacial score (nSPS) is 26.0. The molecule has 4 heteroatoms. The summed E-state index contributed by atoms with van der Waals surface area (Å²) in [6.45, 7) is 3.34. The molecule has 1 aromatic rings. The molecule has 0 saturated carbocycles. The van der Waals surface area contributed by atoms with Gasteiger partial charge in [-0.2, -0.15) is 0 Å². The van der Waals surface area contributed by atoms with E-state index in [1.54, 1.807) is 0 Å². The van der Waals surface area contributed by atoms with Crippen LogP contribution in [0.3, 0.4) is 0 Å². The lowest BCUT2D eigenvalue weighted by Crippen LogP contribution is -2.24. The van der Waals surface area contributed by atoms with E-state index in [-0.39, 0.29) is 0 Å². The van der Waals surface area contributed by atoms with Crippen molar-refractivity contribution >= 4 is 33.2 Å². The Morgan fingerprint density at radius 2 is 2.25 bits per heavy atom. The topological polar surface area (TPSA) is 15.3 Å².